The highest BCUT2D eigenvalue weighted by Crippen LogP contribution is 2.29. The zero-order valence-electron chi connectivity index (χ0n) is 12.2. The van der Waals surface area contributed by atoms with Gasteiger partial charge in [-0.1, -0.05) is 0 Å². The predicted octanol–water partition coefficient (Wildman–Crippen LogP) is 0.639. The Kier molecular flexibility index (Phi) is 5.01. The molecule has 2 saturated heterocycles. The maximum absolute atomic E-state index is 5.64. The Morgan fingerprint density at radius 1 is 1.22 bits per heavy atom. The van der Waals surface area contributed by atoms with Gasteiger partial charge < -0.3 is 15.0 Å². The third-order valence-corrected chi connectivity index (χ3v) is 4.43. The van der Waals surface area contributed by atoms with Crippen LogP contribution in [0.25, 0.3) is 0 Å². The summed E-state index contributed by atoms with van der Waals surface area (Å²) >= 11 is 0. The standard InChI is InChI=1S/C14H29N3O/c1-13(2)17-7-5-16(6-8-17)11-14(10-15-3)4-9-18-12-14/h13,15H,4-12H2,1-3H3. The number of ether oxygens (including phenoxy) is 1. The number of nitrogens with one attached hydrogen (secondary N) is 1. The molecule has 106 valence electrons. The summed E-state index contributed by atoms with van der Waals surface area (Å²) < 4.78 is 5.64. The molecule has 0 aromatic heterocycles. The van der Waals surface area contributed by atoms with Crippen LogP contribution in [0.1, 0.15) is 20.3 Å². The van der Waals surface area contributed by atoms with Crippen molar-refractivity contribution in [2.45, 2.75) is 26.3 Å². The second-order valence-corrected chi connectivity index (χ2v) is 6.24. The Bertz CT molecular complexity index is 243. The van der Waals surface area contributed by atoms with Gasteiger partial charge in [-0.3, -0.25) is 4.90 Å². The highest BCUT2D eigenvalue weighted by Gasteiger charge is 2.36. The van der Waals surface area contributed by atoms with Crippen LogP contribution in [0, 0.1) is 5.41 Å². The maximum atomic E-state index is 5.64. The number of rotatable bonds is 5. The summed E-state index contributed by atoms with van der Waals surface area (Å²) in [7, 11) is 2.05. The second kappa shape index (κ2) is 6.33. The van der Waals surface area contributed by atoms with Crippen molar-refractivity contribution in [3.05, 3.63) is 0 Å². The first-order valence-corrected chi connectivity index (χ1v) is 7.34. The molecule has 0 aliphatic carbocycles. The van der Waals surface area contributed by atoms with Gasteiger partial charge in [0, 0.05) is 57.3 Å². The Morgan fingerprint density at radius 3 is 2.44 bits per heavy atom. The summed E-state index contributed by atoms with van der Waals surface area (Å²) in [6.07, 6.45) is 1.21. The molecule has 0 spiro atoms. The maximum Gasteiger partial charge on any atom is 0.0547 e. The minimum Gasteiger partial charge on any atom is -0.381 e. The third kappa shape index (κ3) is 3.44. The van der Waals surface area contributed by atoms with Gasteiger partial charge in [0.05, 0.1) is 6.61 Å². The summed E-state index contributed by atoms with van der Waals surface area (Å²) in [6, 6.07) is 0.688. The molecule has 2 fully saturated rings. The van der Waals surface area contributed by atoms with E-state index in [4.69, 9.17) is 4.74 Å². The molecule has 1 unspecified atom stereocenters. The quantitative estimate of drug-likeness (QED) is 0.780. The molecule has 18 heavy (non-hydrogen) atoms. The molecule has 0 aromatic carbocycles. The Hall–Kier alpha value is -0.160. The molecule has 0 saturated carbocycles. The lowest BCUT2D eigenvalue weighted by molar-refractivity contribution is 0.0616. The van der Waals surface area contributed by atoms with E-state index in [0.29, 0.717) is 11.5 Å². The van der Waals surface area contributed by atoms with Crippen LogP contribution < -0.4 is 5.32 Å². The first-order chi connectivity index (χ1) is 8.65. The van der Waals surface area contributed by atoms with Crippen LogP contribution in [-0.4, -0.2) is 75.4 Å². The van der Waals surface area contributed by atoms with E-state index in [-0.39, 0.29) is 0 Å². The van der Waals surface area contributed by atoms with Gasteiger partial charge in [0.2, 0.25) is 0 Å². The highest BCUT2D eigenvalue weighted by atomic mass is 16.5. The molecular weight excluding hydrogens is 226 g/mol. The number of nitrogens with zero attached hydrogens (tertiary/aromatic N) is 2. The molecule has 2 aliphatic rings. The van der Waals surface area contributed by atoms with Gasteiger partial charge in [0.25, 0.3) is 0 Å². The molecular formula is C14H29N3O. The number of hydrogen-bond donors (Lipinski definition) is 1. The van der Waals surface area contributed by atoms with E-state index < -0.39 is 0 Å². The predicted molar refractivity (Wildman–Crippen MR) is 74.9 cm³/mol. The van der Waals surface area contributed by atoms with Crippen LogP contribution in [-0.2, 0) is 4.74 Å². The Balaban J connectivity index is 1.82. The van der Waals surface area contributed by atoms with Gasteiger partial charge in [0.15, 0.2) is 0 Å². The minimum absolute atomic E-state index is 0.356. The van der Waals surface area contributed by atoms with Crippen molar-refractivity contribution >= 4 is 0 Å². The highest BCUT2D eigenvalue weighted by molar-refractivity contribution is 4.89. The molecule has 1 atom stereocenters. The fourth-order valence-electron chi connectivity index (χ4n) is 3.26. The molecule has 0 aromatic rings. The Morgan fingerprint density at radius 2 is 1.94 bits per heavy atom. The van der Waals surface area contributed by atoms with E-state index >= 15 is 0 Å². The van der Waals surface area contributed by atoms with Crippen molar-refractivity contribution in [1.82, 2.24) is 15.1 Å². The van der Waals surface area contributed by atoms with E-state index in [2.05, 4.69) is 36.0 Å². The summed E-state index contributed by atoms with van der Waals surface area (Å²) in [5.74, 6) is 0. The van der Waals surface area contributed by atoms with Crippen LogP contribution in [0.2, 0.25) is 0 Å². The van der Waals surface area contributed by atoms with Gasteiger partial charge in [0.1, 0.15) is 0 Å². The molecule has 2 aliphatic heterocycles. The molecule has 2 rings (SSSR count). The topological polar surface area (TPSA) is 27.7 Å². The lowest BCUT2D eigenvalue weighted by Crippen LogP contribution is -2.53. The van der Waals surface area contributed by atoms with Crippen molar-refractivity contribution in [3.8, 4) is 0 Å². The van der Waals surface area contributed by atoms with E-state index in [0.717, 1.165) is 19.8 Å². The fraction of sp³-hybridized carbons (Fsp3) is 1.00. The van der Waals surface area contributed by atoms with Crippen LogP contribution in [0.4, 0.5) is 0 Å². The van der Waals surface area contributed by atoms with Crippen LogP contribution >= 0.6 is 0 Å². The lowest BCUT2D eigenvalue weighted by Gasteiger charge is -2.41. The van der Waals surface area contributed by atoms with Gasteiger partial charge in [-0.2, -0.15) is 0 Å². The summed E-state index contributed by atoms with van der Waals surface area (Å²) in [4.78, 5) is 5.21. The van der Waals surface area contributed by atoms with Crippen molar-refractivity contribution in [2.24, 2.45) is 5.41 Å². The fourth-order valence-corrected chi connectivity index (χ4v) is 3.26. The summed E-state index contributed by atoms with van der Waals surface area (Å²) in [5.41, 5.74) is 0.356. The first-order valence-electron chi connectivity index (χ1n) is 7.34. The average molecular weight is 255 g/mol. The minimum atomic E-state index is 0.356. The normalized spacial score (nSPS) is 31.3. The number of hydrogen-bond acceptors (Lipinski definition) is 4. The summed E-state index contributed by atoms with van der Waals surface area (Å²) in [6.45, 7) is 13.6. The van der Waals surface area contributed by atoms with Crippen LogP contribution in [0.3, 0.4) is 0 Å². The molecule has 0 bridgehead atoms. The van der Waals surface area contributed by atoms with E-state index in [9.17, 15) is 0 Å². The van der Waals surface area contributed by atoms with E-state index in [1.807, 2.05) is 0 Å². The monoisotopic (exact) mass is 255 g/mol. The Labute approximate surface area is 112 Å². The summed E-state index contributed by atoms with van der Waals surface area (Å²) in [5, 5.41) is 3.35. The van der Waals surface area contributed by atoms with Crippen LogP contribution in [0.5, 0.6) is 0 Å². The van der Waals surface area contributed by atoms with Crippen LogP contribution in [0.15, 0.2) is 0 Å². The largest absolute Gasteiger partial charge is 0.381 e. The molecule has 0 amide bonds. The van der Waals surface area contributed by atoms with E-state index in [1.165, 1.54) is 39.1 Å². The zero-order chi connectivity index (χ0) is 13.0. The van der Waals surface area contributed by atoms with Crippen molar-refractivity contribution < 1.29 is 4.74 Å². The number of piperazine rings is 1. The average Bonchev–Trinajstić information content (AvgIpc) is 2.79. The van der Waals surface area contributed by atoms with Crippen molar-refractivity contribution in [3.63, 3.8) is 0 Å². The molecule has 1 N–H and O–H groups in total. The van der Waals surface area contributed by atoms with Crippen molar-refractivity contribution in [2.75, 3.05) is 59.5 Å². The van der Waals surface area contributed by atoms with Gasteiger partial charge in [-0.25, -0.2) is 0 Å². The third-order valence-electron chi connectivity index (χ3n) is 4.43. The molecule has 2 heterocycles. The zero-order valence-corrected chi connectivity index (χ0v) is 12.2. The van der Waals surface area contributed by atoms with Gasteiger partial charge >= 0.3 is 0 Å². The second-order valence-electron chi connectivity index (χ2n) is 6.24. The first kappa shape index (κ1) is 14.3. The SMILES string of the molecule is CNCC1(CN2CCN(C(C)C)CC2)CCOC1. The lowest BCUT2D eigenvalue weighted by atomic mass is 9.86. The smallest absolute Gasteiger partial charge is 0.0547 e. The van der Waals surface area contributed by atoms with Gasteiger partial charge in [-0.15, -0.1) is 0 Å². The molecule has 4 heteroatoms. The van der Waals surface area contributed by atoms with Gasteiger partial charge in [-0.05, 0) is 27.3 Å². The molecule has 0 radical (unpaired) electrons. The van der Waals surface area contributed by atoms with E-state index in [1.54, 1.807) is 0 Å². The molecule has 4 nitrogen and oxygen atoms in total. The van der Waals surface area contributed by atoms with Crippen molar-refractivity contribution in [1.29, 1.82) is 0 Å².